The highest BCUT2D eigenvalue weighted by molar-refractivity contribution is 7.15. The first-order chi connectivity index (χ1) is 14.6. The number of ether oxygens (including phenoxy) is 1. The van der Waals surface area contributed by atoms with Crippen LogP contribution in [0, 0.1) is 0 Å². The van der Waals surface area contributed by atoms with Gasteiger partial charge in [0.2, 0.25) is 5.91 Å². The zero-order chi connectivity index (χ0) is 21.3. The van der Waals surface area contributed by atoms with Crippen LogP contribution in [0.15, 0.2) is 60.0 Å². The zero-order valence-corrected chi connectivity index (χ0v) is 18.2. The smallest absolute Gasteiger partial charge is 0.341 e. The fourth-order valence-electron chi connectivity index (χ4n) is 2.95. The van der Waals surface area contributed by atoms with Crippen molar-refractivity contribution in [2.75, 3.05) is 25.0 Å². The number of carbonyl (C=O) groups is 2. The molecule has 0 saturated heterocycles. The Morgan fingerprint density at radius 3 is 2.50 bits per heavy atom. The van der Waals surface area contributed by atoms with Gasteiger partial charge in [-0.3, -0.25) is 4.79 Å². The molecule has 2 aromatic carbocycles. The van der Waals surface area contributed by atoms with Gasteiger partial charge in [0, 0.05) is 16.0 Å². The summed E-state index contributed by atoms with van der Waals surface area (Å²) >= 11 is 7.27. The van der Waals surface area contributed by atoms with Gasteiger partial charge in [-0.2, -0.15) is 0 Å². The Balaban J connectivity index is 1.66. The van der Waals surface area contributed by atoms with Gasteiger partial charge in [-0.1, -0.05) is 54.1 Å². The van der Waals surface area contributed by atoms with Gasteiger partial charge in [-0.05, 0) is 43.1 Å². The van der Waals surface area contributed by atoms with Crippen LogP contribution >= 0.6 is 22.9 Å². The van der Waals surface area contributed by atoms with Crippen LogP contribution in [0.1, 0.15) is 22.8 Å². The highest BCUT2D eigenvalue weighted by atomic mass is 35.5. The summed E-state index contributed by atoms with van der Waals surface area (Å²) in [7, 11) is 0. The van der Waals surface area contributed by atoms with Crippen molar-refractivity contribution >= 4 is 39.8 Å². The number of amides is 1. The second-order valence-corrected chi connectivity index (χ2v) is 7.86. The van der Waals surface area contributed by atoms with Gasteiger partial charge in [0.1, 0.15) is 10.6 Å². The number of hydrogen-bond donors (Lipinski definition) is 2. The van der Waals surface area contributed by atoms with E-state index in [0.29, 0.717) is 27.7 Å². The predicted molar refractivity (Wildman–Crippen MR) is 122 cm³/mol. The molecule has 0 fully saturated rings. The molecule has 0 aliphatic rings. The normalized spacial score (nSPS) is 10.6. The topological polar surface area (TPSA) is 67.4 Å². The third kappa shape index (κ3) is 5.92. The lowest BCUT2D eigenvalue weighted by molar-refractivity contribution is -0.115. The maximum atomic E-state index is 12.6. The molecule has 156 valence electrons. The van der Waals surface area contributed by atoms with Crippen molar-refractivity contribution in [2.24, 2.45) is 0 Å². The molecular weight excluding hydrogens is 420 g/mol. The van der Waals surface area contributed by atoms with E-state index in [0.717, 1.165) is 12.0 Å². The van der Waals surface area contributed by atoms with Crippen molar-refractivity contribution in [3.8, 4) is 11.1 Å². The van der Waals surface area contributed by atoms with Crippen LogP contribution in [-0.2, 0) is 16.0 Å². The van der Waals surface area contributed by atoms with Gasteiger partial charge in [0.05, 0.1) is 13.2 Å². The molecule has 0 spiro atoms. The maximum Gasteiger partial charge on any atom is 0.341 e. The first-order valence-electron chi connectivity index (χ1n) is 9.67. The minimum absolute atomic E-state index is 0.156. The van der Waals surface area contributed by atoms with E-state index in [1.807, 2.05) is 35.7 Å². The molecule has 1 heterocycles. The molecule has 0 aliphatic carbocycles. The monoisotopic (exact) mass is 442 g/mol. The Hall–Kier alpha value is -2.67. The van der Waals surface area contributed by atoms with E-state index in [1.54, 1.807) is 19.1 Å². The Labute approximate surface area is 185 Å². The number of hydrogen-bond acceptors (Lipinski definition) is 5. The summed E-state index contributed by atoms with van der Waals surface area (Å²) in [6.45, 7) is 2.84. The summed E-state index contributed by atoms with van der Waals surface area (Å²) in [5.74, 6) is -0.672. The van der Waals surface area contributed by atoms with Crippen molar-refractivity contribution in [1.82, 2.24) is 5.32 Å². The zero-order valence-electron chi connectivity index (χ0n) is 16.6. The van der Waals surface area contributed by atoms with Crippen molar-refractivity contribution in [3.05, 3.63) is 76.1 Å². The molecule has 0 aliphatic heterocycles. The second-order valence-electron chi connectivity index (χ2n) is 6.54. The summed E-state index contributed by atoms with van der Waals surface area (Å²) in [5, 5.41) is 8.91. The lowest BCUT2D eigenvalue weighted by Gasteiger charge is -2.09. The Morgan fingerprint density at radius 2 is 1.80 bits per heavy atom. The molecule has 30 heavy (non-hydrogen) atoms. The molecule has 0 atom stereocenters. The predicted octanol–water partition coefficient (Wildman–Crippen LogP) is 5.02. The van der Waals surface area contributed by atoms with E-state index in [1.165, 1.54) is 16.9 Å². The van der Waals surface area contributed by atoms with E-state index in [2.05, 4.69) is 22.8 Å². The minimum Gasteiger partial charge on any atom is -0.462 e. The summed E-state index contributed by atoms with van der Waals surface area (Å²) in [6, 6.07) is 17.3. The molecule has 0 saturated carbocycles. The number of anilines is 1. The number of carbonyl (C=O) groups excluding carboxylic acids is 2. The minimum atomic E-state index is -0.462. The highest BCUT2D eigenvalue weighted by Crippen LogP contribution is 2.36. The van der Waals surface area contributed by atoms with E-state index in [4.69, 9.17) is 16.3 Å². The lowest BCUT2D eigenvalue weighted by Crippen LogP contribution is -2.29. The quantitative estimate of drug-likeness (QED) is 0.361. The fourth-order valence-corrected chi connectivity index (χ4v) is 4.05. The van der Waals surface area contributed by atoms with E-state index in [9.17, 15) is 9.59 Å². The first-order valence-corrected chi connectivity index (χ1v) is 10.9. The molecule has 1 aromatic heterocycles. The van der Waals surface area contributed by atoms with Gasteiger partial charge in [0.25, 0.3) is 0 Å². The van der Waals surface area contributed by atoms with Crippen LogP contribution < -0.4 is 10.6 Å². The van der Waals surface area contributed by atoms with Crippen LogP contribution in [0.4, 0.5) is 5.00 Å². The Kier molecular flexibility index (Phi) is 8.02. The van der Waals surface area contributed by atoms with Gasteiger partial charge >= 0.3 is 5.97 Å². The summed E-state index contributed by atoms with van der Waals surface area (Å²) in [5.41, 5.74) is 3.12. The number of esters is 1. The Morgan fingerprint density at radius 1 is 1.07 bits per heavy atom. The molecule has 3 rings (SSSR count). The van der Waals surface area contributed by atoms with Crippen LogP contribution in [0.25, 0.3) is 11.1 Å². The molecule has 0 bridgehead atoms. The summed E-state index contributed by atoms with van der Waals surface area (Å²) in [6.07, 6.45) is 0.835. The van der Waals surface area contributed by atoms with Gasteiger partial charge in [0.15, 0.2) is 0 Å². The van der Waals surface area contributed by atoms with Crippen molar-refractivity contribution in [1.29, 1.82) is 0 Å². The average molecular weight is 443 g/mol. The molecule has 5 nitrogen and oxygen atoms in total. The lowest BCUT2D eigenvalue weighted by atomic mass is 10.0. The van der Waals surface area contributed by atoms with Gasteiger partial charge in [-0.25, -0.2) is 4.79 Å². The summed E-state index contributed by atoms with van der Waals surface area (Å²) < 4.78 is 5.22. The summed E-state index contributed by atoms with van der Waals surface area (Å²) in [4.78, 5) is 25.0. The number of nitrogens with one attached hydrogen (secondary N) is 2. The number of thiophene rings is 1. The number of rotatable bonds is 9. The van der Waals surface area contributed by atoms with Crippen LogP contribution in [0.2, 0.25) is 5.02 Å². The van der Waals surface area contributed by atoms with Crippen LogP contribution in [0.3, 0.4) is 0 Å². The van der Waals surface area contributed by atoms with E-state index < -0.39 is 5.97 Å². The standard InChI is InChI=1S/C23H23ClN2O3S/c1-2-29-23(28)21-19(17-8-10-18(24)11-9-17)15-30-22(21)26-20(27)14-25-13-12-16-6-4-3-5-7-16/h3-11,15,25H,2,12-14H2,1H3,(H,26,27). The van der Waals surface area contributed by atoms with Crippen molar-refractivity contribution < 1.29 is 14.3 Å². The largest absolute Gasteiger partial charge is 0.462 e. The molecule has 7 heteroatoms. The van der Waals surface area contributed by atoms with Crippen molar-refractivity contribution in [2.45, 2.75) is 13.3 Å². The fraction of sp³-hybridized carbons (Fsp3) is 0.217. The van der Waals surface area contributed by atoms with Crippen molar-refractivity contribution in [3.63, 3.8) is 0 Å². The molecule has 0 unspecified atom stereocenters. The highest BCUT2D eigenvalue weighted by Gasteiger charge is 2.22. The number of benzene rings is 2. The molecule has 3 aromatic rings. The number of halogens is 1. The SMILES string of the molecule is CCOC(=O)c1c(-c2ccc(Cl)cc2)csc1NC(=O)CNCCc1ccccc1. The van der Waals surface area contributed by atoms with Gasteiger partial charge < -0.3 is 15.4 Å². The average Bonchev–Trinajstić information content (AvgIpc) is 3.16. The second kappa shape index (κ2) is 10.9. The van der Waals surface area contributed by atoms with E-state index in [-0.39, 0.29) is 19.1 Å². The first kappa shape index (κ1) is 22.0. The van der Waals surface area contributed by atoms with E-state index >= 15 is 0 Å². The Bertz CT molecular complexity index is 987. The molecule has 1 amide bonds. The van der Waals surface area contributed by atoms with Gasteiger partial charge in [-0.15, -0.1) is 11.3 Å². The third-order valence-corrected chi connectivity index (χ3v) is 5.55. The maximum absolute atomic E-state index is 12.6. The molecular formula is C23H23ClN2O3S. The van der Waals surface area contributed by atoms with Crippen LogP contribution in [-0.4, -0.2) is 31.6 Å². The molecule has 0 radical (unpaired) electrons. The van der Waals surface area contributed by atoms with Crippen LogP contribution in [0.5, 0.6) is 0 Å². The molecule has 2 N–H and O–H groups in total. The third-order valence-electron chi connectivity index (χ3n) is 4.40.